The topological polar surface area (TPSA) is 74.6 Å². The van der Waals surface area contributed by atoms with Gasteiger partial charge >= 0.3 is 7.12 Å². The van der Waals surface area contributed by atoms with Gasteiger partial charge in [-0.05, 0) is 133 Å². The highest BCUT2D eigenvalue weighted by Crippen LogP contribution is 2.46. The number of benzene rings is 16. The minimum Gasteiger partial charge on any atom is -0.423 e. The molecule has 0 aliphatic rings. The molecule has 420 valence electrons. The highest BCUT2D eigenvalue weighted by atomic mass is 79.9. The molecule has 0 fully saturated rings. The normalized spacial score (nSPS) is 11.7. The Hall–Kier alpha value is -9.48. The Morgan fingerprint density at radius 1 is 0.250 bits per heavy atom. The molecule has 0 aliphatic heterocycles. The molecule has 16 aromatic carbocycles. The van der Waals surface area contributed by atoms with E-state index in [0.717, 1.165) is 68.8 Å². The lowest BCUT2D eigenvalue weighted by atomic mass is 9.75. The summed E-state index contributed by atoms with van der Waals surface area (Å²) in [4.78, 5) is 0. The molecule has 0 amide bonds. The van der Waals surface area contributed by atoms with E-state index in [1.54, 1.807) is 0 Å². The van der Waals surface area contributed by atoms with Crippen LogP contribution in [0.5, 0.6) is 0 Å². The summed E-state index contributed by atoms with van der Waals surface area (Å²) >= 11 is 3.43. The average Bonchev–Trinajstić information content (AvgIpc) is 0.815. The molecule has 2 N–H and O–H groups in total. The van der Waals surface area contributed by atoms with Gasteiger partial charge in [0.05, 0.1) is 0 Å². The Kier molecular flexibility index (Phi) is 15.4. The number of rotatable bonds is 8. The molecular weight excluding hydrogens is 1180 g/mol. The van der Waals surface area contributed by atoms with Crippen LogP contribution in [0.15, 0.2) is 332 Å². The van der Waals surface area contributed by atoms with Gasteiger partial charge in [-0.1, -0.05) is 313 Å². The first kappa shape index (κ1) is 56.3. The van der Waals surface area contributed by atoms with Gasteiger partial charge < -0.3 is 19.2 Å². The van der Waals surface area contributed by atoms with Gasteiger partial charge in [-0.2, -0.15) is 0 Å². The van der Waals surface area contributed by atoms with Crippen molar-refractivity contribution in [1.82, 2.24) is 0 Å². The smallest absolute Gasteiger partial charge is 0.423 e. The van der Waals surface area contributed by atoms with Crippen molar-refractivity contribution in [2.24, 2.45) is 0 Å². The van der Waals surface area contributed by atoms with Crippen molar-refractivity contribution < 1.29 is 19.2 Å². The molecule has 4 nitrogen and oxygen atoms in total. The van der Waals surface area contributed by atoms with E-state index in [9.17, 15) is 19.2 Å². The summed E-state index contributed by atoms with van der Waals surface area (Å²) in [6, 6.07) is 110. The summed E-state index contributed by atoms with van der Waals surface area (Å²) in [7, 11) is -7.35. The quantitative estimate of drug-likeness (QED) is 0.0903. The molecule has 0 saturated carbocycles. The van der Waals surface area contributed by atoms with Crippen LogP contribution >= 0.6 is 30.2 Å². The standard InChI is InChI=1S/C40H27OP.C22H15BO2.C18H14BrOP/c41-42(29-13-3-1-4-14-29,30-15-5-2-6-16-30)31-25-23-28(24-26-31)38-27-39-34-19-8-7-17-32(34)33-18-9-11-21-36(33)40(39)37-22-12-10-20-35(37)38;24-23(25)21-13-20-16-9-2-1-7-14(16)15-8-3-5-11-18(15)22(20)19-12-6-4-10-17(19)21;19-15-11-13-18(14-12-15)21(20,16-7-3-1-4-8-16)17-9-5-2-6-10-17/h1-27H;1-13,24-25H;1-14H. The highest BCUT2D eigenvalue weighted by Gasteiger charge is 2.31. The van der Waals surface area contributed by atoms with Gasteiger partial charge in [0.2, 0.25) is 0 Å². The van der Waals surface area contributed by atoms with Crippen LogP contribution in [0, 0.1) is 0 Å². The van der Waals surface area contributed by atoms with E-state index in [1.165, 1.54) is 64.8 Å². The van der Waals surface area contributed by atoms with E-state index in [-0.39, 0.29) is 0 Å². The molecule has 0 radical (unpaired) electrons. The van der Waals surface area contributed by atoms with Crippen LogP contribution in [-0.2, 0) is 9.13 Å². The molecule has 0 heterocycles. The number of halogens is 1. The zero-order valence-electron chi connectivity index (χ0n) is 47.7. The molecule has 0 aromatic heterocycles. The van der Waals surface area contributed by atoms with Gasteiger partial charge in [-0.15, -0.1) is 0 Å². The summed E-state index contributed by atoms with van der Waals surface area (Å²) in [5, 5.41) is 43.9. The van der Waals surface area contributed by atoms with Gasteiger partial charge in [-0.25, -0.2) is 0 Å². The Morgan fingerprint density at radius 3 is 0.864 bits per heavy atom. The van der Waals surface area contributed by atoms with Crippen LogP contribution in [-0.4, -0.2) is 17.2 Å². The van der Waals surface area contributed by atoms with E-state index in [1.807, 2.05) is 182 Å². The van der Waals surface area contributed by atoms with Crippen LogP contribution in [0.25, 0.3) is 97.3 Å². The van der Waals surface area contributed by atoms with Crippen molar-refractivity contribution in [3.63, 3.8) is 0 Å². The summed E-state index contributed by atoms with van der Waals surface area (Å²) in [6.45, 7) is 0. The van der Waals surface area contributed by atoms with E-state index in [4.69, 9.17) is 0 Å². The van der Waals surface area contributed by atoms with E-state index >= 15 is 0 Å². The van der Waals surface area contributed by atoms with Crippen LogP contribution in [0.4, 0.5) is 0 Å². The van der Waals surface area contributed by atoms with Crippen molar-refractivity contribution in [3.05, 3.63) is 332 Å². The molecule has 16 aromatic rings. The van der Waals surface area contributed by atoms with Crippen LogP contribution in [0.2, 0.25) is 0 Å². The zero-order valence-corrected chi connectivity index (χ0v) is 51.1. The minimum absolute atomic E-state index is 0.545. The molecule has 0 unspecified atom stereocenters. The number of hydrogen-bond donors (Lipinski definition) is 2. The second-order valence-corrected chi connectivity index (χ2v) is 28.4. The average molecular weight is 1230 g/mol. The maximum atomic E-state index is 14.9. The fraction of sp³-hybridized carbons (Fsp3) is 0. The van der Waals surface area contributed by atoms with Crippen molar-refractivity contribution in [1.29, 1.82) is 0 Å². The van der Waals surface area contributed by atoms with Crippen LogP contribution < -0.4 is 37.3 Å². The van der Waals surface area contributed by atoms with Gasteiger partial charge in [-0.3, -0.25) is 0 Å². The molecule has 0 bridgehead atoms. The fourth-order valence-corrected chi connectivity index (χ4v) is 18.5. The van der Waals surface area contributed by atoms with E-state index in [0.29, 0.717) is 5.46 Å². The van der Waals surface area contributed by atoms with Crippen molar-refractivity contribution >= 4 is 161 Å². The van der Waals surface area contributed by atoms with Crippen LogP contribution in [0.3, 0.4) is 0 Å². The van der Waals surface area contributed by atoms with Crippen LogP contribution in [0.1, 0.15) is 0 Å². The predicted molar refractivity (Wildman–Crippen MR) is 381 cm³/mol. The van der Waals surface area contributed by atoms with Gasteiger partial charge in [0.25, 0.3) is 0 Å². The maximum absolute atomic E-state index is 14.9. The van der Waals surface area contributed by atoms with E-state index < -0.39 is 21.4 Å². The Labute approximate surface area is 519 Å². The van der Waals surface area contributed by atoms with Crippen molar-refractivity contribution in [3.8, 4) is 11.1 Å². The molecule has 0 spiro atoms. The summed E-state index contributed by atoms with van der Waals surface area (Å²) < 4.78 is 29.8. The first-order chi connectivity index (χ1) is 43.2. The number of hydrogen-bond acceptors (Lipinski definition) is 4. The summed E-state index contributed by atoms with van der Waals surface area (Å²) in [5.74, 6) is 0. The fourth-order valence-electron chi connectivity index (χ4n) is 13.0. The first-order valence-electron chi connectivity index (χ1n) is 29.4. The summed E-state index contributed by atoms with van der Waals surface area (Å²) in [6.07, 6.45) is 0. The highest BCUT2D eigenvalue weighted by molar-refractivity contribution is 9.10. The first-order valence-corrected chi connectivity index (χ1v) is 33.6. The maximum Gasteiger partial charge on any atom is 0.489 e. The molecule has 16 rings (SSSR count). The monoisotopic (exact) mass is 1230 g/mol. The lowest BCUT2D eigenvalue weighted by Gasteiger charge is -2.20. The minimum atomic E-state index is -3.04. The lowest BCUT2D eigenvalue weighted by Crippen LogP contribution is -2.30. The molecule has 0 aliphatic carbocycles. The van der Waals surface area contributed by atoms with Gasteiger partial charge in [0, 0.05) is 36.3 Å². The van der Waals surface area contributed by atoms with Gasteiger partial charge in [0.1, 0.15) is 0 Å². The molecule has 0 atom stereocenters. The van der Waals surface area contributed by atoms with Crippen molar-refractivity contribution in [2.45, 2.75) is 0 Å². The SMILES string of the molecule is O=P(c1ccccc1)(c1ccccc1)c1ccc(-c2cc3c4ccccc4c4ccccc4c3c3ccccc23)cc1.O=P(c1ccccc1)(c1ccccc1)c1ccc(Br)cc1.OB(O)c1cc2c3ccccc3c3ccccc3c2c2ccccc12. The Morgan fingerprint density at radius 2 is 0.500 bits per heavy atom. The third-order valence-electron chi connectivity index (χ3n) is 17.0. The number of fused-ring (bicyclic) bond motifs is 16. The summed E-state index contributed by atoms with van der Waals surface area (Å²) in [5.41, 5.74) is 2.84. The molecule has 0 saturated heterocycles. The van der Waals surface area contributed by atoms with E-state index in [2.05, 4.69) is 162 Å². The molecule has 88 heavy (non-hydrogen) atoms. The molecular formula is C80H56BBrO4P2. The Balaban J connectivity index is 0.000000126. The second-order valence-electron chi connectivity index (χ2n) is 22.0. The lowest BCUT2D eigenvalue weighted by molar-refractivity contribution is 0.426. The predicted octanol–water partition coefficient (Wildman–Crippen LogP) is 17.7. The Bertz CT molecular complexity index is 5270. The second kappa shape index (κ2) is 24.0. The third-order valence-corrected chi connectivity index (χ3v) is 23.7. The zero-order chi connectivity index (χ0) is 59.8. The largest absolute Gasteiger partial charge is 0.489 e. The van der Waals surface area contributed by atoms with Crippen molar-refractivity contribution in [2.75, 3.05) is 0 Å². The molecule has 8 heteroatoms. The van der Waals surface area contributed by atoms with Gasteiger partial charge in [0.15, 0.2) is 14.3 Å². The third kappa shape index (κ3) is 10.0.